The van der Waals surface area contributed by atoms with Gasteiger partial charge in [-0.25, -0.2) is 4.79 Å². The van der Waals surface area contributed by atoms with Crippen LogP contribution in [0.3, 0.4) is 0 Å². The summed E-state index contributed by atoms with van der Waals surface area (Å²) in [6.45, 7) is 7.91. The number of carbonyl (C=O) groups excluding carboxylic acids is 3. The fraction of sp³-hybridized carbons (Fsp3) is 0.240. The van der Waals surface area contributed by atoms with E-state index in [2.05, 4.69) is 27.4 Å². The molecule has 3 rings (SSSR count). The van der Waals surface area contributed by atoms with Crippen LogP contribution in [0, 0.1) is 6.92 Å². The number of nitrogens with zero attached hydrogens (tertiary/aromatic N) is 3. The Morgan fingerprint density at radius 1 is 1.17 bits per heavy atom. The second-order valence-electron chi connectivity index (χ2n) is 7.66. The first kappa shape index (κ1) is 25.7. The fourth-order valence-electron chi connectivity index (χ4n) is 3.36. The van der Waals surface area contributed by atoms with E-state index in [1.807, 2.05) is 36.6 Å². The summed E-state index contributed by atoms with van der Waals surface area (Å²) in [5, 5.41) is 14.7. The highest BCUT2D eigenvalue weighted by atomic mass is 32.2. The van der Waals surface area contributed by atoms with Gasteiger partial charge in [0.25, 0.3) is 5.91 Å². The number of ether oxygens (including phenoxy) is 1. The maximum atomic E-state index is 12.7. The summed E-state index contributed by atoms with van der Waals surface area (Å²) < 4.78 is 6.52. The van der Waals surface area contributed by atoms with Crippen LogP contribution in [0.1, 0.15) is 45.1 Å². The Balaban J connectivity index is 1.66. The lowest BCUT2D eigenvalue weighted by atomic mass is 10.1. The summed E-state index contributed by atoms with van der Waals surface area (Å²) >= 11 is 1.21. The van der Waals surface area contributed by atoms with Crippen molar-refractivity contribution in [3.05, 3.63) is 83.7 Å². The van der Waals surface area contributed by atoms with E-state index in [0.29, 0.717) is 34.3 Å². The largest absolute Gasteiger partial charge is 0.465 e. The highest BCUT2D eigenvalue weighted by Crippen LogP contribution is 2.22. The van der Waals surface area contributed by atoms with Crippen molar-refractivity contribution in [1.82, 2.24) is 20.1 Å². The molecule has 0 aliphatic heterocycles. The van der Waals surface area contributed by atoms with E-state index in [1.54, 1.807) is 36.4 Å². The first-order valence-electron chi connectivity index (χ1n) is 10.9. The van der Waals surface area contributed by atoms with Gasteiger partial charge in [0.05, 0.1) is 24.5 Å². The molecule has 0 fully saturated rings. The van der Waals surface area contributed by atoms with Crippen LogP contribution in [-0.4, -0.2) is 45.4 Å². The quantitative estimate of drug-likeness (QED) is 0.251. The van der Waals surface area contributed by atoms with Crippen molar-refractivity contribution in [1.29, 1.82) is 0 Å². The van der Waals surface area contributed by atoms with Crippen LogP contribution in [0.4, 0.5) is 5.69 Å². The van der Waals surface area contributed by atoms with E-state index in [4.69, 9.17) is 4.74 Å². The molecule has 182 valence electrons. The second-order valence-corrected chi connectivity index (χ2v) is 8.60. The van der Waals surface area contributed by atoms with Crippen molar-refractivity contribution in [3.63, 3.8) is 0 Å². The number of aryl methyl sites for hydroxylation is 1. The van der Waals surface area contributed by atoms with Gasteiger partial charge in [-0.3, -0.25) is 9.59 Å². The lowest BCUT2D eigenvalue weighted by molar-refractivity contribution is -0.113. The minimum absolute atomic E-state index is 0.0711. The molecule has 9 nitrogen and oxygen atoms in total. The van der Waals surface area contributed by atoms with Crippen LogP contribution in [0.5, 0.6) is 0 Å². The molecule has 2 N–H and O–H groups in total. The molecule has 3 aromatic rings. The van der Waals surface area contributed by atoms with Gasteiger partial charge in [0.15, 0.2) is 11.0 Å². The van der Waals surface area contributed by atoms with E-state index in [9.17, 15) is 14.4 Å². The molecule has 1 aromatic heterocycles. The fourth-order valence-corrected chi connectivity index (χ4v) is 4.12. The molecule has 1 heterocycles. The van der Waals surface area contributed by atoms with Gasteiger partial charge in [-0.15, -0.1) is 16.8 Å². The number of allylic oxidation sites excluding steroid dienone is 1. The molecule has 0 saturated heterocycles. The Morgan fingerprint density at radius 3 is 2.66 bits per heavy atom. The van der Waals surface area contributed by atoms with Gasteiger partial charge >= 0.3 is 5.97 Å². The van der Waals surface area contributed by atoms with Gasteiger partial charge in [0.1, 0.15) is 0 Å². The maximum Gasteiger partial charge on any atom is 0.337 e. The van der Waals surface area contributed by atoms with Crippen molar-refractivity contribution < 1.29 is 19.1 Å². The summed E-state index contributed by atoms with van der Waals surface area (Å²) in [5.41, 5.74) is 2.30. The average Bonchev–Trinajstić information content (AvgIpc) is 3.25. The molecular formula is C25H27N5O4S. The molecule has 0 bridgehead atoms. The summed E-state index contributed by atoms with van der Waals surface area (Å²) in [4.78, 5) is 36.9. The molecule has 0 saturated carbocycles. The lowest BCUT2D eigenvalue weighted by Gasteiger charge is -2.16. The van der Waals surface area contributed by atoms with Crippen LogP contribution in [0.2, 0.25) is 0 Å². The van der Waals surface area contributed by atoms with Crippen molar-refractivity contribution in [2.24, 2.45) is 0 Å². The van der Waals surface area contributed by atoms with Gasteiger partial charge in [-0.1, -0.05) is 42.1 Å². The molecular weight excluding hydrogens is 466 g/mol. The highest BCUT2D eigenvalue weighted by Gasteiger charge is 2.21. The second kappa shape index (κ2) is 12.0. The molecule has 35 heavy (non-hydrogen) atoms. The van der Waals surface area contributed by atoms with Crippen LogP contribution < -0.4 is 10.6 Å². The van der Waals surface area contributed by atoms with Crippen LogP contribution in [-0.2, 0) is 16.1 Å². The Kier molecular flexibility index (Phi) is 8.80. The standard InChI is InChI=1S/C25H27N5O4S/c1-5-13-30-22(17(3)26-23(32)20-12-7-6-9-16(20)2)28-29-25(30)35-15-21(31)27-19-11-8-10-18(14-19)24(33)34-4/h5-12,14,17H,1,13,15H2,2-4H3,(H,26,32)(H,27,31)/t17-/m1/s1. The summed E-state index contributed by atoms with van der Waals surface area (Å²) in [6, 6.07) is 13.4. The van der Waals surface area contributed by atoms with Gasteiger partial charge in [0.2, 0.25) is 5.91 Å². The zero-order chi connectivity index (χ0) is 25.4. The third kappa shape index (κ3) is 6.57. The van der Waals surface area contributed by atoms with Crippen LogP contribution >= 0.6 is 11.8 Å². The number of carbonyl (C=O) groups is 3. The average molecular weight is 494 g/mol. The van der Waals surface area contributed by atoms with Crippen LogP contribution in [0.25, 0.3) is 0 Å². The predicted octanol–water partition coefficient (Wildman–Crippen LogP) is 3.78. The van der Waals surface area contributed by atoms with Crippen molar-refractivity contribution >= 4 is 35.2 Å². The van der Waals surface area contributed by atoms with E-state index in [0.717, 1.165) is 5.56 Å². The number of aromatic nitrogens is 3. The number of benzene rings is 2. The normalized spacial score (nSPS) is 11.4. The smallest absolute Gasteiger partial charge is 0.337 e. The summed E-state index contributed by atoms with van der Waals surface area (Å²) in [5.74, 6) is -0.328. The Bertz CT molecular complexity index is 1240. The van der Waals surface area contributed by atoms with Gasteiger partial charge in [-0.05, 0) is 43.7 Å². The molecule has 10 heteroatoms. The van der Waals surface area contributed by atoms with Crippen molar-refractivity contribution in [2.75, 3.05) is 18.2 Å². The van der Waals surface area contributed by atoms with Crippen molar-refractivity contribution in [3.8, 4) is 0 Å². The molecule has 0 spiro atoms. The third-order valence-electron chi connectivity index (χ3n) is 5.08. The molecule has 2 amide bonds. The SMILES string of the molecule is C=CCn1c(SCC(=O)Nc2cccc(C(=O)OC)c2)nnc1[C@@H](C)NC(=O)c1ccccc1C. The summed E-state index contributed by atoms with van der Waals surface area (Å²) in [6.07, 6.45) is 1.70. The molecule has 2 aromatic carbocycles. The number of hydrogen-bond acceptors (Lipinski definition) is 7. The first-order chi connectivity index (χ1) is 16.8. The van der Waals surface area contributed by atoms with E-state index >= 15 is 0 Å². The van der Waals surface area contributed by atoms with E-state index < -0.39 is 12.0 Å². The van der Waals surface area contributed by atoms with E-state index in [1.165, 1.54) is 18.9 Å². The number of hydrogen-bond donors (Lipinski definition) is 2. The Morgan fingerprint density at radius 2 is 1.94 bits per heavy atom. The highest BCUT2D eigenvalue weighted by molar-refractivity contribution is 7.99. The Labute approximate surface area is 208 Å². The number of amides is 2. The number of esters is 1. The zero-order valence-corrected chi connectivity index (χ0v) is 20.6. The number of methoxy groups -OCH3 is 1. The maximum absolute atomic E-state index is 12.7. The molecule has 0 aliphatic carbocycles. The van der Waals surface area contributed by atoms with Gasteiger partial charge in [-0.2, -0.15) is 0 Å². The zero-order valence-electron chi connectivity index (χ0n) is 19.8. The monoisotopic (exact) mass is 493 g/mol. The van der Waals surface area contributed by atoms with Gasteiger partial charge < -0.3 is 19.9 Å². The van der Waals surface area contributed by atoms with Crippen molar-refractivity contribution in [2.45, 2.75) is 31.6 Å². The van der Waals surface area contributed by atoms with Gasteiger partial charge in [0, 0.05) is 17.8 Å². The lowest BCUT2D eigenvalue weighted by Crippen LogP contribution is -2.29. The first-order valence-corrected chi connectivity index (χ1v) is 11.8. The Hall–Kier alpha value is -3.92. The molecule has 0 aliphatic rings. The number of thioether (sulfide) groups is 1. The van der Waals surface area contributed by atoms with E-state index in [-0.39, 0.29) is 17.6 Å². The minimum Gasteiger partial charge on any atom is -0.465 e. The van der Waals surface area contributed by atoms with Crippen LogP contribution in [0.15, 0.2) is 66.3 Å². The predicted molar refractivity (Wildman–Crippen MR) is 134 cm³/mol. The number of rotatable bonds is 10. The molecule has 1 atom stereocenters. The number of nitrogens with one attached hydrogen (secondary N) is 2. The minimum atomic E-state index is -0.482. The topological polar surface area (TPSA) is 115 Å². The number of anilines is 1. The molecule has 0 unspecified atom stereocenters. The molecule has 0 radical (unpaired) electrons. The summed E-state index contributed by atoms with van der Waals surface area (Å²) in [7, 11) is 1.30. The third-order valence-corrected chi connectivity index (χ3v) is 6.05.